The number of rotatable bonds is 6. The van der Waals surface area contributed by atoms with Crippen LogP contribution >= 0.6 is 11.3 Å². The molecule has 2 fully saturated rings. The van der Waals surface area contributed by atoms with Crippen LogP contribution in [0.4, 0.5) is 0 Å². The second-order valence-corrected chi connectivity index (χ2v) is 9.19. The van der Waals surface area contributed by atoms with E-state index in [1.54, 1.807) is 17.5 Å². The molecule has 1 amide bonds. The molecule has 2 aliphatic heterocycles. The van der Waals surface area contributed by atoms with E-state index in [2.05, 4.69) is 57.0 Å². The SMILES string of the molecule is O=C1N(Cc2ccsc2)CCO[C@@]12CN(CCc1ccccc1)C[C@@H]2c1cccnc1. The third kappa shape index (κ3) is 4.15. The van der Waals surface area contributed by atoms with Gasteiger partial charge in [-0.15, -0.1) is 0 Å². The van der Waals surface area contributed by atoms with Crippen molar-refractivity contribution in [1.82, 2.24) is 14.8 Å². The van der Waals surface area contributed by atoms with Crippen LogP contribution in [0.2, 0.25) is 0 Å². The third-order valence-electron chi connectivity index (χ3n) is 6.43. The van der Waals surface area contributed by atoms with Crippen molar-refractivity contribution in [1.29, 1.82) is 0 Å². The maximum Gasteiger partial charge on any atom is 0.257 e. The van der Waals surface area contributed by atoms with Crippen LogP contribution in [0.15, 0.2) is 71.7 Å². The van der Waals surface area contributed by atoms with E-state index in [1.165, 1.54) is 11.1 Å². The van der Waals surface area contributed by atoms with Crippen LogP contribution in [-0.4, -0.2) is 59.1 Å². The lowest BCUT2D eigenvalue weighted by molar-refractivity contribution is -0.173. The Morgan fingerprint density at radius 3 is 2.81 bits per heavy atom. The number of carbonyl (C=O) groups is 1. The van der Waals surface area contributed by atoms with E-state index < -0.39 is 5.60 Å². The van der Waals surface area contributed by atoms with Gasteiger partial charge >= 0.3 is 0 Å². The van der Waals surface area contributed by atoms with Crippen molar-refractivity contribution < 1.29 is 9.53 Å². The van der Waals surface area contributed by atoms with E-state index in [-0.39, 0.29) is 11.8 Å². The van der Waals surface area contributed by atoms with E-state index in [0.29, 0.717) is 26.2 Å². The normalized spacial score (nSPS) is 24.2. The molecule has 160 valence electrons. The van der Waals surface area contributed by atoms with Gasteiger partial charge in [0.25, 0.3) is 5.91 Å². The average molecular weight is 434 g/mol. The van der Waals surface area contributed by atoms with Gasteiger partial charge in [-0.1, -0.05) is 36.4 Å². The van der Waals surface area contributed by atoms with Gasteiger partial charge in [0.15, 0.2) is 5.60 Å². The lowest BCUT2D eigenvalue weighted by Gasteiger charge is -2.42. The minimum absolute atomic E-state index is 0.0188. The van der Waals surface area contributed by atoms with Crippen molar-refractivity contribution in [3.8, 4) is 0 Å². The molecule has 4 heterocycles. The number of benzene rings is 1. The molecule has 5 nitrogen and oxygen atoms in total. The van der Waals surface area contributed by atoms with Crippen LogP contribution < -0.4 is 0 Å². The number of hydrogen-bond donors (Lipinski definition) is 0. The Kier molecular flexibility index (Phi) is 5.85. The van der Waals surface area contributed by atoms with Gasteiger partial charge in [-0.25, -0.2) is 0 Å². The second kappa shape index (κ2) is 8.91. The van der Waals surface area contributed by atoms with Crippen LogP contribution in [0.1, 0.15) is 22.6 Å². The third-order valence-corrected chi connectivity index (χ3v) is 7.16. The van der Waals surface area contributed by atoms with Gasteiger partial charge in [0.1, 0.15) is 0 Å². The molecule has 31 heavy (non-hydrogen) atoms. The maximum atomic E-state index is 13.8. The first-order chi connectivity index (χ1) is 15.2. The van der Waals surface area contributed by atoms with E-state index in [4.69, 9.17) is 4.74 Å². The molecule has 2 saturated heterocycles. The molecule has 2 aromatic heterocycles. The zero-order valence-corrected chi connectivity index (χ0v) is 18.3. The van der Waals surface area contributed by atoms with E-state index in [0.717, 1.165) is 25.1 Å². The number of hydrogen-bond acceptors (Lipinski definition) is 5. The fourth-order valence-corrected chi connectivity index (χ4v) is 5.52. The summed E-state index contributed by atoms with van der Waals surface area (Å²) >= 11 is 1.67. The van der Waals surface area contributed by atoms with Gasteiger partial charge in [0, 0.05) is 51.0 Å². The Morgan fingerprint density at radius 1 is 1.13 bits per heavy atom. The van der Waals surface area contributed by atoms with Crippen molar-refractivity contribution in [3.63, 3.8) is 0 Å². The Morgan fingerprint density at radius 2 is 2.03 bits per heavy atom. The monoisotopic (exact) mass is 433 g/mol. The van der Waals surface area contributed by atoms with Gasteiger partial charge in [-0.05, 0) is 46.0 Å². The lowest BCUT2D eigenvalue weighted by atomic mass is 9.83. The summed E-state index contributed by atoms with van der Waals surface area (Å²) in [6, 6.07) is 16.7. The molecule has 1 aromatic carbocycles. The van der Waals surface area contributed by atoms with E-state index in [9.17, 15) is 4.79 Å². The number of pyridine rings is 1. The van der Waals surface area contributed by atoms with Crippen molar-refractivity contribution >= 4 is 17.2 Å². The average Bonchev–Trinajstić information content (AvgIpc) is 3.45. The minimum atomic E-state index is -0.839. The zero-order chi connectivity index (χ0) is 21.1. The molecular weight excluding hydrogens is 406 g/mol. The first-order valence-electron chi connectivity index (χ1n) is 10.9. The molecule has 0 N–H and O–H groups in total. The van der Waals surface area contributed by atoms with Crippen LogP contribution in [0.5, 0.6) is 0 Å². The first kappa shape index (κ1) is 20.4. The molecule has 0 bridgehead atoms. The maximum absolute atomic E-state index is 13.8. The Balaban J connectivity index is 1.40. The van der Waals surface area contributed by atoms with Crippen molar-refractivity contribution in [2.24, 2.45) is 0 Å². The predicted molar refractivity (Wildman–Crippen MR) is 122 cm³/mol. The quantitative estimate of drug-likeness (QED) is 0.596. The fourth-order valence-electron chi connectivity index (χ4n) is 4.86. The number of morpholine rings is 1. The number of carbonyl (C=O) groups excluding carboxylic acids is 1. The first-order valence-corrected chi connectivity index (χ1v) is 11.8. The van der Waals surface area contributed by atoms with Gasteiger partial charge in [0.2, 0.25) is 0 Å². The molecule has 1 spiro atoms. The smallest absolute Gasteiger partial charge is 0.257 e. The van der Waals surface area contributed by atoms with Crippen LogP contribution in [-0.2, 0) is 22.5 Å². The molecule has 2 atom stereocenters. The molecule has 3 aromatic rings. The summed E-state index contributed by atoms with van der Waals surface area (Å²) in [5.74, 6) is 0.0933. The molecule has 0 aliphatic carbocycles. The van der Waals surface area contributed by atoms with Gasteiger partial charge in [0.05, 0.1) is 6.61 Å². The highest BCUT2D eigenvalue weighted by atomic mass is 32.1. The highest BCUT2D eigenvalue weighted by Crippen LogP contribution is 2.42. The summed E-state index contributed by atoms with van der Waals surface area (Å²) in [6.45, 7) is 4.19. The second-order valence-electron chi connectivity index (χ2n) is 8.41. The molecule has 5 rings (SSSR count). The predicted octanol–water partition coefficient (Wildman–Crippen LogP) is 3.58. The van der Waals surface area contributed by atoms with Crippen LogP contribution in [0, 0.1) is 0 Å². The summed E-state index contributed by atoms with van der Waals surface area (Å²) in [4.78, 5) is 22.5. The molecule has 2 aliphatic rings. The van der Waals surface area contributed by atoms with E-state index >= 15 is 0 Å². The number of ether oxygens (including phenoxy) is 1. The Labute approximate surface area is 187 Å². The van der Waals surface area contributed by atoms with Gasteiger partial charge in [-0.3, -0.25) is 14.7 Å². The molecule has 0 saturated carbocycles. The number of thiophene rings is 1. The summed E-state index contributed by atoms with van der Waals surface area (Å²) < 4.78 is 6.38. The number of likely N-dealkylation sites (tertiary alicyclic amines) is 1. The largest absolute Gasteiger partial charge is 0.361 e. The highest BCUT2D eigenvalue weighted by Gasteiger charge is 2.56. The summed E-state index contributed by atoms with van der Waals surface area (Å²) in [6.07, 6.45) is 4.63. The minimum Gasteiger partial charge on any atom is -0.361 e. The topological polar surface area (TPSA) is 45.7 Å². The van der Waals surface area contributed by atoms with Crippen molar-refractivity contribution in [3.05, 3.63) is 88.4 Å². The summed E-state index contributed by atoms with van der Waals surface area (Å²) in [7, 11) is 0. The highest BCUT2D eigenvalue weighted by molar-refractivity contribution is 7.07. The summed E-state index contributed by atoms with van der Waals surface area (Å²) in [5, 5.41) is 4.18. The Hall–Kier alpha value is -2.54. The lowest BCUT2D eigenvalue weighted by Crippen LogP contribution is -2.60. The van der Waals surface area contributed by atoms with Gasteiger partial charge in [-0.2, -0.15) is 11.3 Å². The fraction of sp³-hybridized carbons (Fsp3) is 0.360. The zero-order valence-electron chi connectivity index (χ0n) is 17.5. The number of nitrogens with zero attached hydrogens (tertiary/aromatic N) is 3. The van der Waals surface area contributed by atoms with Crippen LogP contribution in [0.25, 0.3) is 0 Å². The van der Waals surface area contributed by atoms with Crippen molar-refractivity contribution in [2.75, 3.05) is 32.8 Å². The van der Waals surface area contributed by atoms with E-state index in [1.807, 2.05) is 23.2 Å². The number of amides is 1. The standard InChI is InChI=1S/C25H27N3O2S/c29-24-25(30-13-12-28(24)16-21-9-14-31-18-21)19-27(11-8-20-5-2-1-3-6-20)17-23(25)22-7-4-10-26-15-22/h1-7,9-10,14-15,18,23H,8,11-13,16-17,19H2/t23-,25-/m1/s1. The van der Waals surface area contributed by atoms with Gasteiger partial charge < -0.3 is 9.64 Å². The number of aromatic nitrogens is 1. The molecule has 0 unspecified atom stereocenters. The Bertz CT molecular complexity index is 996. The van der Waals surface area contributed by atoms with Crippen molar-refractivity contribution in [2.45, 2.75) is 24.5 Å². The molecule has 6 heteroatoms. The molecule has 0 radical (unpaired) electrons. The summed E-state index contributed by atoms with van der Waals surface area (Å²) in [5.41, 5.74) is 2.74. The molecular formula is C25H27N3O2S. The van der Waals surface area contributed by atoms with Crippen LogP contribution in [0.3, 0.4) is 0 Å².